The Kier molecular flexibility index (Phi) is 4.06. The van der Waals surface area contributed by atoms with Crippen LogP contribution < -0.4 is 5.73 Å². The second-order valence-corrected chi connectivity index (χ2v) is 5.13. The number of halogens is 2. The fourth-order valence-corrected chi connectivity index (χ4v) is 2.13. The number of nitrogens with zero attached hydrogens (tertiary/aromatic N) is 1. The molecule has 1 aromatic carbocycles. The SMILES string of the molecule is Nc1cc(C(=O)OCc2nccs2)cc(Cl)c1Cl. The summed E-state index contributed by atoms with van der Waals surface area (Å²) in [4.78, 5) is 15.8. The molecule has 2 N–H and O–H groups in total. The van der Waals surface area contributed by atoms with Crippen molar-refractivity contribution < 1.29 is 9.53 Å². The second kappa shape index (κ2) is 5.56. The first-order valence-electron chi connectivity index (χ1n) is 4.88. The van der Waals surface area contributed by atoms with Crippen LogP contribution in [-0.2, 0) is 11.3 Å². The number of nitrogen functional groups attached to an aromatic ring is 1. The third kappa shape index (κ3) is 2.93. The number of hydrogen-bond acceptors (Lipinski definition) is 5. The zero-order chi connectivity index (χ0) is 13.1. The topological polar surface area (TPSA) is 65.2 Å². The summed E-state index contributed by atoms with van der Waals surface area (Å²) < 4.78 is 5.07. The number of benzene rings is 1. The highest BCUT2D eigenvalue weighted by atomic mass is 35.5. The molecule has 0 amide bonds. The summed E-state index contributed by atoms with van der Waals surface area (Å²) in [6.45, 7) is 0.122. The van der Waals surface area contributed by atoms with Crippen LogP contribution in [0.2, 0.25) is 10.0 Å². The van der Waals surface area contributed by atoms with E-state index in [0.29, 0.717) is 0 Å². The van der Waals surface area contributed by atoms with E-state index in [1.165, 1.54) is 23.5 Å². The molecule has 0 aliphatic carbocycles. The Bertz CT molecular complexity index is 549. The van der Waals surface area contributed by atoms with E-state index in [9.17, 15) is 4.79 Å². The minimum absolute atomic E-state index is 0.122. The predicted molar refractivity (Wildman–Crippen MR) is 72.1 cm³/mol. The van der Waals surface area contributed by atoms with Crippen molar-refractivity contribution in [2.75, 3.05) is 5.73 Å². The van der Waals surface area contributed by atoms with Gasteiger partial charge in [0.25, 0.3) is 0 Å². The normalized spacial score (nSPS) is 10.3. The van der Waals surface area contributed by atoms with Crippen molar-refractivity contribution in [3.8, 4) is 0 Å². The third-order valence-corrected chi connectivity index (χ3v) is 3.67. The van der Waals surface area contributed by atoms with Crippen LogP contribution in [0.4, 0.5) is 5.69 Å². The van der Waals surface area contributed by atoms with Gasteiger partial charge in [-0.3, -0.25) is 0 Å². The van der Waals surface area contributed by atoms with E-state index in [4.69, 9.17) is 33.7 Å². The number of carbonyl (C=O) groups excluding carboxylic acids is 1. The number of ether oxygens (including phenoxy) is 1. The summed E-state index contributed by atoms with van der Waals surface area (Å²) >= 11 is 13.0. The quantitative estimate of drug-likeness (QED) is 0.697. The Labute approximate surface area is 117 Å². The molecule has 18 heavy (non-hydrogen) atoms. The lowest BCUT2D eigenvalue weighted by Gasteiger charge is -2.06. The van der Waals surface area contributed by atoms with Crippen LogP contribution >= 0.6 is 34.5 Å². The maximum absolute atomic E-state index is 11.8. The standard InChI is InChI=1S/C11H8Cl2N2O2S/c12-7-3-6(4-8(14)10(7)13)11(16)17-5-9-15-1-2-18-9/h1-4H,5,14H2. The minimum atomic E-state index is -0.518. The number of aromatic nitrogens is 1. The molecule has 0 radical (unpaired) electrons. The van der Waals surface area contributed by atoms with E-state index in [-0.39, 0.29) is 27.9 Å². The lowest BCUT2D eigenvalue weighted by Crippen LogP contribution is -2.06. The molecule has 0 saturated heterocycles. The summed E-state index contributed by atoms with van der Waals surface area (Å²) in [6.07, 6.45) is 1.64. The molecular formula is C11H8Cl2N2O2S. The lowest BCUT2D eigenvalue weighted by molar-refractivity contribution is 0.0472. The molecule has 0 aliphatic rings. The van der Waals surface area contributed by atoms with Gasteiger partial charge in [-0.1, -0.05) is 23.2 Å². The molecule has 0 aliphatic heterocycles. The molecule has 0 fully saturated rings. The molecule has 1 heterocycles. The smallest absolute Gasteiger partial charge is 0.338 e. The molecule has 2 rings (SSSR count). The van der Waals surface area contributed by atoms with E-state index in [1.807, 2.05) is 0 Å². The van der Waals surface area contributed by atoms with Crippen LogP contribution in [0.1, 0.15) is 15.4 Å². The molecule has 0 bridgehead atoms. The number of thiazole rings is 1. The highest BCUT2D eigenvalue weighted by Gasteiger charge is 2.13. The van der Waals surface area contributed by atoms with Crippen LogP contribution in [-0.4, -0.2) is 11.0 Å². The van der Waals surface area contributed by atoms with Crippen molar-refractivity contribution in [1.29, 1.82) is 0 Å². The maximum Gasteiger partial charge on any atom is 0.338 e. The Morgan fingerprint density at radius 1 is 1.44 bits per heavy atom. The van der Waals surface area contributed by atoms with Crippen LogP contribution in [0.3, 0.4) is 0 Å². The van der Waals surface area contributed by atoms with Gasteiger partial charge in [-0.05, 0) is 12.1 Å². The van der Waals surface area contributed by atoms with Crippen LogP contribution in [0, 0.1) is 0 Å². The third-order valence-electron chi connectivity index (χ3n) is 2.10. The van der Waals surface area contributed by atoms with Gasteiger partial charge in [0, 0.05) is 11.6 Å². The van der Waals surface area contributed by atoms with E-state index in [1.54, 1.807) is 11.6 Å². The van der Waals surface area contributed by atoms with Crippen LogP contribution in [0.15, 0.2) is 23.7 Å². The number of carbonyl (C=O) groups is 1. The first kappa shape index (κ1) is 13.1. The molecule has 0 unspecified atom stereocenters. The van der Waals surface area contributed by atoms with Crippen LogP contribution in [0.5, 0.6) is 0 Å². The van der Waals surface area contributed by atoms with E-state index >= 15 is 0 Å². The summed E-state index contributed by atoms with van der Waals surface area (Å²) in [6, 6.07) is 2.85. The van der Waals surface area contributed by atoms with Crippen molar-refractivity contribution in [1.82, 2.24) is 4.98 Å². The second-order valence-electron chi connectivity index (χ2n) is 3.36. The van der Waals surface area contributed by atoms with Gasteiger partial charge >= 0.3 is 5.97 Å². The fourth-order valence-electron chi connectivity index (χ4n) is 1.26. The zero-order valence-electron chi connectivity index (χ0n) is 9.02. The Morgan fingerprint density at radius 2 is 2.22 bits per heavy atom. The molecule has 0 saturated carbocycles. The predicted octanol–water partition coefficient (Wildman–Crippen LogP) is 3.39. The maximum atomic E-state index is 11.8. The monoisotopic (exact) mass is 302 g/mol. The number of esters is 1. The molecule has 2 aromatic rings. The summed E-state index contributed by atoms with van der Waals surface area (Å²) in [5.74, 6) is -0.518. The average Bonchev–Trinajstić information content (AvgIpc) is 2.85. The average molecular weight is 303 g/mol. The van der Waals surface area contributed by atoms with Crippen molar-refractivity contribution >= 4 is 46.2 Å². The van der Waals surface area contributed by atoms with Gasteiger partial charge in [-0.25, -0.2) is 9.78 Å². The highest BCUT2D eigenvalue weighted by molar-refractivity contribution is 7.09. The van der Waals surface area contributed by atoms with Crippen molar-refractivity contribution in [3.05, 3.63) is 44.3 Å². The van der Waals surface area contributed by atoms with E-state index < -0.39 is 5.97 Å². The summed E-state index contributed by atoms with van der Waals surface area (Å²) in [5.41, 5.74) is 6.12. The summed E-state index contributed by atoms with van der Waals surface area (Å²) in [7, 11) is 0. The number of hydrogen-bond donors (Lipinski definition) is 1. The largest absolute Gasteiger partial charge is 0.455 e. The van der Waals surface area contributed by atoms with Gasteiger partial charge in [0.2, 0.25) is 0 Å². The molecule has 4 nitrogen and oxygen atoms in total. The first-order valence-corrected chi connectivity index (χ1v) is 6.51. The molecule has 1 aromatic heterocycles. The molecule has 94 valence electrons. The number of anilines is 1. The summed E-state index contributed by atoms with van der Waals surface area (Å²) in [5, 5.41) is 2.97. The van der Waals surface area contributed by atoms with Gasteiger partial charge in [0.15, 0.2) is 0 Å². The minimum Gasteiger partial charge on any atom is -0.455 e. The fraction of sp³-hybridized carbons (Fsp3) is 0.0909. The Morgan fingerprint density at radius 3 is 2.83 bits per heavy atom. The van der Waals surface area contributed by atoms with E-state index in [0.717, 1.165) is 5.01 Å². The Hall–Kier alpha value is -1.30. The number of rotatable bonds is 3. The van der Waals surface area contributed by atoms with E-state index in [2.05, 4.69) is 4.98 Å². The lowest BCUT2D eigenvalue weighted by atomic mass is 10.2. The van der Waals surface area contributed by atoms with Crippen molar-refractivity contribution in [2.24, 2.45) is 0 Å². The van der Waals surface area contributed by atoms with Crippen molar-refractivity contribution in [2.45, 2.75) is 6.61 Å². The first-order chi connectivity index (χ1) is 8.58. The Balaban J connectivity index is 2.09. The molecular weight excluding hydrogens is 295 g/mol. The molecule has 0 spiro atoms. The van der Waals surface area contributed by atoms with Gasteiger partial charge in [-0.2, -0.15) is 0 Å². The number of nitrogens with two attached hydrogens (primary N) is 1. The molecule has 0 atom stereocenters. The van der Waals surface area contributed by atoms with Gasteiger partial charge in [-0.15, -0.1) is 11.3 Å². The van der Waals surface area contributed by atoms with Crippen molar-refractivity contribution in [3.63, 3.8) is 0 Å². The highest BCUT2D eigenvalue weighted by Crippen LogP contribution is 2.29. The van der Waals surface area contributed by atoms with Gasteiger partial charge in [0.05, 0.1) is 21.3 Å². The zero-order valence-corrected chi connectivity index (χ0v) is 11.4. The van der Waals surface area contributed by atoms with Gasteiger partial charge in [0.1, 0.15) is 11.6 Å². The van der Waals surface area contributed by atoms with Gasteiger partial charge < -0.3 is 10.5 Å². The molecule has 7 heteroatoms. The van der Waals surface area contributed by atoms with Crippen LogP contribution in [0.25, 0.3) is 0 Å².